The lowest BCUT2D eigenvalue weighted by atomic mass is 9.97. The lowest BCUT2D eigenvalue weighted by Gasteiger charge is -2.30. The number of fused-ring (bicyclic) bond motifs is 2. The molecule has 0 spiro atoms. The molecule has 3 atom stereocenters. The monoisotopic (exact) mass is 407 g/mol. The first-order valence-corrected chi connectivity index (χ1v) is 9.40. The Hall–Kier alpha value is -2.81. The third kappa shape index (κ3) is 4.29. The van der Waals surface area contributed by atoms with Crippen LogP contribution in [0.15, 0.2) is 40.8 Å². The van der Waals surface area contributed by atoms with Gasteiger partial charge in [0.1, 0.15) is 5.76 Å². The summed E-state index contributed by atoms with van der Waals surface area (Å²) in [7, 11) is 0. The highest BCUT2D eigenvalue weighted by Gasteiger charge is 2.39. The van der Waals surface area contributed by atoms with Crippen molar-refractivity contribution < 1.29 is 27.2 Å². The van der Waals surface area contributed by atoms with E-state index in [1.807, 2.05) is 5.32 Å². The Morgan fingerprint density at radius 3 is 2.66 bits per heavy atom. The van der Waals surface area contributed by atoms with Crippen LogP contribution in [0.5, 0.6) is 0 Å². The Bertz CT molecular complexity index is 913. The summed E-state index contributed by atoms with van der Waals surface area (Å²) in [5.41, 5.74) is 0.207. The van der Waals surface area contributed by atoms with Crippen LogP contribution in [0.3, 0.4) is 0 Å². The van der Waals surface area contributed by atoms with Crippen molar-refractivity contribution in [2.45, 2.75) is 25.1 Å². The Labute approximate surface area is 165 Å². The quantitative estimate of drug-likeness (QED) is 0.816. The number of furan rings is 1. The summed E-state index contributed by atoms with van der Waals surface area (Å²) in [5, 5.41) is 4.81. The fourth-order valence-corrected chi connectivity index (χ4v) is 4.03. The Kier molecular flexibility index (Phi) is 5.08. The number of rotatable bonds is 4. The Morgan fingerprint density at radius 1 is 1.10 bits per heavy atom. The van der Waals surface area contributed by atoms with Gasteiger partial charge in [-0.3, -0.25) is 9.59 Å². The Balaban J connectivity index is 1.48. The second kappa shape index (κ2) is 7.55. The third-order valence-corrected chi connectivity index (χ3v) is 5.33. The molecule has 3 heterocycles. The van der Waals surface area contributed by atoms with Crippen LogP contribution in [-0.2, 0) is 4.79 Å². The van der Waals surface area contributed by atoms with Gasteiger partial charge in [0.2, 0.25) is 0 Å². The molecule has 2 bridgehead atoms. The summed E-state index contributed by atoms with van der Waals surface area (Å²) in [5.74, 6) is -1.56. The van der Waals surface area contributed by atoms with Crippen molar-refractivity contribution in [3.63, 3.8) is 0 Å². The molecule has 154 valence electrons. The van der Waals surface area contributed by atoms with Gasteiger partial charge in [-0.1, -0.05) is 12.1 Å². The van der Waals surface area contributed by atoms with Crippen molar-refractivity contribution in [3.8, 4) is 11.3 Å². The van der Waals surface area contributed by atoms with Crippen molar-refractivity contribution in [3.05, 3.63) is 42.2 Å². The highest BCUT2D eigenvalue weighted by atomic mass is 19.4. The zero-order chi connectivity index (χ0) is 20.6. The fraction of sp³-hybridized carbons (Fsp3) is 0.400. The van der Waals surface area contributed by atoms with Crippen molar-refractivity contribution in [1.82, 2.24) is 10.2 Å². The molecule has 29 heavy (non-hydrogen) atoms. The number of nitrogens with zero attached hydrogens (tertiary/aromatic N) is 1. The standard InChI is InChI=1S/C20H20F3N3O3/c21-20(22,23)19(28)25-15-4-2-1-3-14(15)16-5-6-17(29-16)18(27)24-13-9-12-7-8-26(10-12)11-13/h1-6,12-13H,7-11H2,(H,24,27)(H,25,28). The first-order chi connectivity index (χ1) is 13.8. The number of benzene rings is 1. The summed E-state index contributed by atoms with van der Waals surface area (Å²) < 4.78 is 43.3. The molecule has 0 aliphatic carbocycles. The number of anilines is 1. The van der Waals surface area contributed by atoms with E-state index in [0.717, 1.165) is 32.5 Å². The number of alkyl halides is 3. The smallest absolute Gasteiger partial charge is 0.451 e. The Morgan fingerprint density at radius 2 is 1.90 bits per heavy atom. The minimum Gasteiger partial charge on any atom is -0.451 e. The zero-order valence-corrected chi connectivity index (χ0v) is 15.5. The van der Waals surface area contributed by atoms with Gasteiger partial charge >= 0.3 is 12.1 Å². The molecular weight excluding hydrogens is 387 g/mol. The predicted octanol–water partition coefficient (Wildman–Crippen LogP) is 3.27. The van der Waals surface area contributed by atoms with E-state index in [9.17, 15) is 22.8 Å². The van der Waals surface area contributed by atoms with Gasteiger partial charge in [-0.25, -0.2) is 0 Å². The van der Waals surface area contributed by atoms with E-state index in [2.05, 4.69) is 10.2 Å². The number of halogens is 3. The first kappa shape index (κ1) is 19.5. The number of amides is 2. The molecule has 4 rings (SSSR count). The predicted molar refractivity (Wildman–Crippen MR) is 99.2 cm³/mol. The molecular formula is C20H20F3N3O3. The number of nitrogens with one attached hydrogen (secondary N) is 2. The van der Waals surface area contributed by atoms with Crippen LogP contribution in [0.4, 0.5) is 18.9 Å². The molecule has 2 aliphatic heterocycles. The number of piperidine rings is 1. The maximum Gasteiger partial charge on any atom is 0.471 e. The molecule has 2 fully saturated rings. The summed E-state index contributed by atoms with van der Waals surface area (Å²) >= 11 is 0. The molecule has 3 unspecified atom stereocenters. The van der Waals surface area contributed by atoms with E-state index >= 15 is 0 Å². The molecule has 0 radical (unpaired) electrons. The minimum absolute atomic E-state index is 0.0483. The number of para-hydroxylation sites is 1. The average molecular weight is 407 g/mol. The van der Waals surface area contributed by atoms with Crippen LogP contribution < -0.4 is 10.6 Å². The van der Waals surface area contributed by atoms with Crippen LogP contribution in [0.25, 0.3) is 11.3 Å². The van der Waals surface area contributed by atoms with Gasteiger partial charge in [0, 0.05) is 24.7 Å². The minimum atomic E-state index is -5.00. The lowest BCUT2D eigenvalue weighted by molar-refractivity contribution is -0.167. The summed E-state index contributed by atoms with van der Waals surface area (Å²) in [4.78, 5) is 26.1. The van der Waals surface area contributed by atoms with E-state index in [1.165, 1.54) is 30.3 Å². The average Bonchev–Trinajstić information content (AvgIpc) is 3.28. The molecule has 2 aromatic rings. The molecule has 2 N–H and O–H groups in total. The fourth-order valence-electron chi connectivity index (χ4n) is 4.03. The topological polar surface area (TPSA) is 74.6 Å². The number of hydrogen-bond donors (Lipinski definition) is 2. The zero-order valence-electron chi connectivity index (χ0n) is 15.5. The molecule has 2 saturated heterocycles. The van der Waals surface area contributed by atoms with E-state index in [0.29, 0.717) is 5.92 Å². The van der Waals surface area contributed by atoms with Gasteiger partial charge in [0.25, 0.3) is 5.91 Å². The molecule has 6 nitrogen and oxygen atoms in total. The van der Waals surface area contributed by atoms with Gasteiger partial charge in [-0.05, 0) is 49.6 Å². The molecule has 1 aromatic heterocycles. The van der Waals surface area contributed by atoms with Crippen LogP contribution in [0.1, 0.15) is 23.4 Å². The largest absolute Gasteiger partial charge is 0.471 e. The van der Waals surface area contributed by atoms with Crippen molar-refractivity contribution in [1.29, 1.82) is 0 Å². The molecule has 1 aromatic carbocycles. The van der Waals surface area contributed by atoms with Crippen molar-refractivity contribution in [2.24, 2.45) is 5.92 Å². The number of carbonyl (C=O) groups excluding carboxylic acids is 2. The highest BCUT2D eigenvalue weighted by Crippen LogP contribution is 2.31. The van der Waals surface area contributed by atoms with Crippen molar-refractivity contribution in [2.75, 3.05) is 25.0 Å². The second-order valence-electron chi connectivity index (χ2n) is 7.48. The highest BCUT2D eigenvalue weighted by molar-refractivity contribution is 5.98. The molecule has 2 aliphatic rings. The van der Waals surface area contributed by atoms with Gasteiger partial charge in [0.05, 0.1) is 5.69 Å². The molecule has 2 amide bonds. The van der Waals surface area contributed by atoms with Crippen LogP contribution in [0.2, 0.25) is 0 Å². The van der Waals surface area contributed by atoms with Crippen LogP contribution >= 0.6 is 0 Å². The van der Waals surface area contributed by atoms with Gasteiger partial charge in [-0.2, -0.15) is 13.2 Å². The maximum atomic E-state index is 12.6. The van der Waals surface area contributed by atoms with Crippen LogP contribution in [-0.4, -0.2) is 48.6 Å². The van der Waals surface area contributed by atoms with Crippen molar-refractivity contribution >= 4 is 17.5 Å². The third-order valence-electron chi connectivity index (χ3n) is 5.33. The van der Waals surface area contributed by atoms with E-state index < -0.39 is 12.1 Å². The van der Waals surface area contributed by atoms with E-state index in [-0.39, 0.29) is 34.7 Å². The van der Waals surface area contributed by atoms with Gasteiger partial charge < -0.3 is 20.0 Å². The summed E-state index contributed by atoms with van der Waals surface area (Å²) in [6, 6.07) is 8.99. The van der Waals surface area contributed by atoms with E-state index in [4.69, 9.17) is 4.42 Å². The van der Waals surface area contributed by atoms with Gasteiger partial charge in [0.15, 0.2) is 5.76 Å². The second-order valence-corrected chi connectivity index (χ2v) is 7.48. The molecule has 0 saturated carbocycles. The number of carbonyl (C=O) groups is 2. The SMILES string of the molecule is O=C(NC1CC2CCN(C2)C1)c1ccc(-c2ccccc2NC(=O)C(F)(F)F)o1. The normalized spacial score (nSPS) is 23.6. The summed E-state index contributed by atoms with van der Waals surface area (Å²) in [6.07, 6.45) is -2.92. The van der Waals surface area contributed by atoms with Gasteiger partial charge in [-0.15, -0.1) is 0 Å². The maximum absolute atomic E-state index is 12.6. The number of hydrogen-bond acceptors (Lipinski definition) is 4. The molecule has 9 heteroatoms. The first-order valence-electron chi connectivity index (χ1n) is 9.40. The summed E-state index contributed by atoms with van der Waals surface area (Å²) in [6.45, 7) is 2.95. The van der Waals surface area contributed by atoms with Crippen LogP contribution in [0, 0.1) is 5.92 Å². The van der Waals surface area contributed by atoms with E-state index in [1.54, 1.807) is 6.07 Å². The lowest BCUT2D eigenvalue weighted by Crippen LogP contribution is -2.46.